The quantitative estimate of drug-likeness (QED) is 0.379. The minimum atomic E-state index is -3.16. The predicted octanol–water partition coefficient (Wildman–Crippen LogP) is 3.27. The highest BCUT2D eigenvalue weighted by molar-refractivity contribution is 7.58. The molecule has 0 spiro atoms. The molecule has 0 radical (unpaired) electrons. The molecule has 0 fully saturated rings. The fourth-order valence-electron chi connectivity index (χ4n) is 3.24. The van der Waals surface area contributed by atoms with Gasteiger partial charge in [0.15, 0.2) is 6.10 Å². The maximum Gasteiger partial charge on any atom is 0.342 e. The second-order valence-electron chi connectivity index (χ2n) is 6.93. The highest BCUT2D eigenvalue weighted by Crippen LogP contribution is 2.46. The van der Waals surface area contributed by atoms with Crippen molar-refractivity contribution in [2.45, 2.75) is 39.9 Å². The number of rotatable bonds is 8. The number of aromatic hydroxyl groups is 1. The first-order valence-electron chi connectivity index (χ1n) is 8.70. The number of hydrogen-bond donors (Lipinski definition) is 2. The van der Waals surface area contributed by atoms with Gasteiger partial charge < -0.3 is 24.2 Å². The molecule has 2 atom stereocenters. The molecule has 0 bridgehead atoms. The van der Waals surface area contributed by atoms with E-state index in [-0.39, 0.29) is 30.5 Å². The fraction of sp³-hybridized carbons (Fsp3) is 0.474. The van der Waals surface area contributed by atoms with Crippen LogP contribution in [-0.2, 0) is 31.6 Å². The lowest BCUT2D eigenvalue weighted by molar-refractivity contribution is -0.144. The van der Waals surface area contributed by atoms with Crippen LogP contribution in [0.3, 0.4) is 0 Å². The molecule has 0 saturated heterocycles. The van der Waals surface area contributed by atoms with Gasteiger partial charge in [-0.3, -0.25) is 4.57 Å². The van der Waals surface area contributed by atoms with Crippen molar-refractivity contribution in [3.8, 4) is 11.5 Å². The molecule has 154 valence electrons. The van der Waals surface area contributed by atoms with Crippen molar-refractivity contribution in [1.82, 2.24) is 0 Å². The largest absolute Gasteiger partial charge is 0.507 e. The van der Waals surface area contributed by atoms with E-state index >= 15 is 0 Å². The number of ether oxygens (including phenoxy) is 2. The Hall–Kier alpha value is -2.31. The van der Waals surface area contributed by atoms with Crippen molar-refractivity contribution in [1.29, 1.82) is 0 Å². The summed E-state index contributed by atoms with van der Waals surface area (Å²) in [5.41, 5.74) is 2.62. The van der Waals surface area contributed by atoms with E-state index < -0.39 is 25.4 Å². The SMILES string of the molecule is COc1c(C)c2c(c(O)c1C/C=C(\C)CP(C)(=O)O[C@@H](C)C(=O)O)C(=O)OC2. The number of fused-ring (bicyclic) bond motifs is 1. The second kappa shape index (κ2) is 8.37. The van der Waals surface area contributed by atoms with E-state index in [2.05, 4.69) is 0 Å². The van der Waals surface area contributed by atoms with Crippen molar-refractivity contribution in [3.63, 3.8) is 0 Å². The van der Waals surface area contributed by atoms with Crippen molar-refractivity contribution in [2.24, 2.45) is 0 Å². The molecule has 1 aliphatic rings. The molecular weight excluding hydrogens is 387 g/mol. The standard InChI is InChI=1S/C19H25O8P/c1-10(9-28(5,24)27-12(3)18(21)22)6-7-13-16(20)15-14(8-26-19(15)23)11(2)17(13)25-4/h6,12,20H,7-9H2,1-5H3,(H,21,22)/b10-6+/t12-,28?/m0/s1. The third-order valence-electron chi connectivity index (χ3n) is 4.57. The maximum absolute atomic E-state index is 12.5. The van der Waals surface area contributed by atoms with Crippen LogP contribution < -0.4 is 4.74 Å². The summed E-state index contributed by atoms with van der Waals surface area (Å²) in [6, 6.07) is 0. The molecule has 1 aromatic carbocycles. The lowest BCUT2D eigenvalue weighted by atomic mass is 9.95. The van der Waals surface area contributed by atoms with Crippen molar-refractivity contribution in [3.05, 3.63) is 33.9 Å². The Bertz CT molecular complexity index is 887. The Morgan fingerprint density at radius 3 is 2.64 bits per heavy atom. The topological polar surface area (TPSA) is 119 Å². The third kappa shape index (κ3) is 4.56. The van der Waals surface area contributed by atoms with Crippen LogP contribution in [0.25, 0.3) is 0 Å². The van der Waals surface area contributed by atoms with Crippen LogP contribution in [0.15, 0.2) is 11.6 Å². The minimum absolute atomic E-state index is 0.0691. The highest BCUT2D eigenvalue weighted by atomic mass is 31.2. The molecule has 8 nitrogen and oxygen atoms in total. The van der Waals surface area contributed by atoms with Crippen molar-refractivity contribution in [2.75, 3.05) is 19.9 Å². The van der Waals surface area contributed by atoms with Crippen molar-refractivity contribution >= 4 is 19.3 Å². The summed E-state index contributed by atoms with van der Waals surface area (Å²) in [4.78, 5) is 22.8. The molecule has 1 aromatic rings. The Kier molecular flexibility index (Phi) is 6.57. The van der Waals surface area contributed by atoms with E-state index in [4.69, 9.17) is 19.1 Å². The number of carboxylic acid groups (broad SMARTS) is 1. The van der Waals surface area contributed by atoms with E-state index in [9.17, 15) is 19.3 Å². The Morgan fingerprint density at radius 2 is 2.07 bits per heavy atom. The average molecular weight is 412 g/mol. The van der Waals surface area contributed by atoms with Gasteiger partial charge in [-0.25, -0.2) is 9.59 Å². The van der Waals surface area contributed by atoms with Gasteiger partial charge in [0, 0.05) is 24.0 Å². The summed E-state index contributed by atoms with van der Waals surface area (Å²) in [7, 11) is -1.68. The summed E-state index contributed by atoms with van der Waals surface area (Å²) in [5.74, 6) is -1.47. The summed E-state index contributed by atoms with van der Waals surface area (Å²) >= 11 is 0. The molecule has 1 heterocycles. The molecule has 0 aliphatic carbocycles. The molecule has 9 heteroatoms. The molecule has 28 heavy (non-hydrogen) atoms. The third-order valence-corrected chi connectivity index (χ3v) is 6.40. The zero-order valence-corrected chi connectivity index (χ0v) is 17.5. The lowest BCUT2D eigenvalue weighted by Gasteiger charge is -2.18. The zero-order valence-electron chi connectivity index (χ0n) is 16.6. The number of phenolic OH excluding ortho intramolecular Hbond substituents is 1. The number of hydrogen-bond acceptors (Lipinski definition) is 7. The number of aliphatic carboxylic acids is 1. The van der Waals surface area contributed by atoms with Crippen LogP contribution in [0, 0.1) is 6.92 Å². The Labute approximate surface area is 163 Å². The number of allylic oxidation sites excluding steroid dienone is 2. The second-order valence-corrected chi connectivity index (χ2v) is 9.48. The van der Waals surface area contributed by atoms with Gasteiger partial charge >= 0.3 is 11.9 Å². The van der Waals surface area contributed by atoms with E-state index in [0.29, 0.717) is 22.4 Å². The smallest absolute Gasteiger partial charge is 0.342 e. The molecule has 1 unspecified atom stereocenters. The zero-order chi connectivity index (χ0) is 21.2. The number of carboxylic acids is 1. The first kappa shape index (κ1) is 22.0. The van der Waals surface area contributed by atoms with Crippen LogP contribution in [0.1, 0.15) is 40.9 Å². The van der Waals surface area contributed by atoms with Gasteiger partial charge in [-0.05, 0) is 32.8 Å². The monoisotopic (exact) mass is 412 g/mol. The minimum Gasteiger partial charge on any atom is -0.507 e. The molecule has 0 aromatic heterocycles. The van der Waals surface area contributed by atoms with Crippen LogP contribution >= 0.6 is 7.37 Å². The van der Waals surface area contributed by atoms with Gasteiger partial charge in [0.1, 0.15) is 23.7 Å². The van der Waals surface area contributed by atoms with Gasteiger partial charge in [-0.1, -0.05) is 11.6 Å². The van der Waals surface area contributed by atoms with Crippen LogP contribution in [0.5, 0.6) is 11.5 Å². The van der Waals surface area contributed by atoms with Gasteiger partial charge in [0.25, 0.3) is 0 Å². The van der Waals surface area contributed by atoms with Crippen LogP contribution in [0.2, 0.25) is 0 Å². The number of esters is 1. The van der Waals surface area contributed by atoms with Gasteiger partial charge in [-0.15, -0.1) is 0 Å². The van der Waals surface area contributed by atoms with E-state index in [1.165, 1.54) is 20.7 Å². The molecule has 2 N–H and O–H groups in total. The highest BCUT2D eigenvalue weighted by Gasteiger charge is 2.32. The summed E-state index contributed by atoms with van der Waals surface area (Å²) in [6.45, 7) is 6.34. The van der Waals surface area contributed by atoms with Gasteiger partial charge in [-0.2, -0.15) is 0 Å². The first-order chi connectivity index (χ1) is 13.0. The first-order valence-corrected chi connectivity index (χ1v) is 11.0. The predicted molar refractivity (Wildman–Crippen MR) is 103 cm³/mol. The van der Waals surface area contributed by atoms with Crippen LogP contribution in [0.4, 0.5) is 0 Å². The summed E-state index contributed by atoms with van der Waals surface area (Å²) in [5, 5.41) is 19.5. The lowest BCUT2D eigenvalue weighted by Crippen LogP contribution is -2.19. The number of cyclic esters (lactones) is 1. The van der Waals surface area contributed by atoms with Gasteiger partial charge in [0.2, 0.25) is 7.37 Å². The summed E-state index contributed by atoms with van der Waals surface area (Å²) < 4.78 is 28.1. The van der Waals surface area contributed by atoms with Crippen molar-refractivity contribution < 1.29 is 38.4 Å². The number of benzene rings is 1. The molecule has 0 amide bonds. The Balaban J connectivity index is 2.27. The fourth-order valence-corrected chi connectivity index (χ4v) is 5.11. The van der Waals surface area contributed by atoms with Gasteiger partial charge in [0.05, 0.1) is 7.11 Å². The molecular formula is C19H25O8P. The van der Waals surface area contributed by atoms with E-state index in [1.54, 1.807) is 19.9 Å². The number of phenols is 1. The molecule has 0 saturated carbocycles. The maximum atomic E-state index is 12.5. The number of methoxy groups -OCH3 is 1. The van der Waals surface area contributed by atoms with E-state index in [0.717, 1.165) is 5.56 Å². The van der Waals surface area contributed by atoms with E-state index in [1.807, 2.05) is 0 Å². The van der Waals surface area contributed by atoms with Crippen LogP contribution in [-0.4, -0.2) is 48.2 Å². The normalized spacial score (nSPS) is 16.9. The molecule has 2 rings (SSSR count). The number of carbonyl (C=O) groups excluding carboxylic acids is 1. The summed E-state index contributed by atoms with van der Waals surface area (Å²) in [6.07, 6.45) is 0.878. The number of carbonyl (C=O) groups is 2. The molecule has 1 aliphatic heterocycles. The Morgan fingerprint density at radius 1 is 1.43 bits per heavy atom. The average Bonchev–Trinajstić information content (AvgIpc) is 2.97.